The lowest BCUT2D eigenvalue weighted by atomic mass is 10.1. The molecule has 3 aliphatic rings. The zero-order valence-electron chi connectivity index (χ0n) is 61.2. The zero-order chi connectivity index (χ0) is 85.7. The number of ether oxygens (including phenoxy) is 2. The van der Waals surface area contributed by atoms with E-state index in [1.807, 2.05) is 0 Å². The summed E-state index contributed by atoms with van der Waals surface area (Å²) >= 11 is 30.2. The van der Waals surface area contributed by atoms with Gasteiger partial charge in [-0.25, -0.2) is 57.1 Å². The van der Waals surface area contributed by atoms with Gasteiger partial charge >= 0.3 is 12.2 Å². The van der Waals surface area contributed by atoms with Crippen molar-refractivity contribution in [1.29, 1.82) is 0 Å². The number of H-pyrrole nitrogens is 1. The van der Waals surface area contributed by atoms with E-state index in [-0.39, 0.29) is 98.1 Å². The van der Waals surface area contributed by atoms with Crippen LogP contribution in [0.25, 0.3) is 0 Å². The number of benzene rings is 4. The maximum absolute atomic E-state index is 13.8. The Bertz CT molecular complexity index is 5980. The van der Waals surface area contributed by atoms with Crippen LogP contribution in [0.1, 0.15) is 129 Å². The summed E-state index contributed by atoms with van der Waals surface area (Å²) in [7, 11) is 0. The van der Waals surface area contributed by atoms with Crippen molar-refractivity contribution in [3.8, 4) is 0 Å². The molecular formula is C74H62Br2Cl4F4N20O13. The van der Waals surface area contributed by atoms with Crippen molar-refractivity contribution in [2.45, 2.75) is 71.2 Å². The van der Waals surface area contributed by atoms with Gasteiger partial charge in [0.25, 0.3) is 45.9 Å². The third-order valence-corrected chi connectivity index (χ3v) is 17.6. The number of carbonyl (C=O) groups excluding carboxylic acids is 7. The predicted molar refractivity (Wildman–Crippen MR) is 432 cm³/mol. The Morgan fingerprint density at radius 1 is 0.470 bits per heavy atom. The van der Waals surface area contributed by atoms with Crippen LogP contribution < -0.4 is 76.7 Å². The van der Waals surface area contributed by atoms with Gasteiger partial charge in [0.2, 0.25) is 0 Å². The van der Waals surface area contributed by atoms with Crippen molar-refractivity contribution in [3.05, 3.63) is 297 Å². The van der Waals surface area contributed by atoms with E-state index >= 15 is 0 Å². The Hall–Kier alpha value is -13.0. The number of nitrogens with zero attached hydrogens (tertiary/aromatic N) is 9. The first-order chi connectivity index (χ1) is 55.1. The highest BCUT2D eigenvalue weighted by molar-refractivity contribution is 9.10. The van der Waals surface area contributed by atoms with Crippen LogP contribution >= 0.6 is 78.3 Å². The molecule has 43 heteroatoms. The smallest absolute Gasteiger partial charge is 0.413 e. The molecule has 7 aromatic heterocycles. The van der Waals surface area contributed by atoms with Gasteiger partial charge in [0.05, 0.1) is 29.0 Å². The number of aromatic amines is 1. The van der Waals surface area contributed by atoms with Crippen LogP contribution in [0.4, 0.5) is 73.4 Å². The quantitative estimate of drug-likeness (QED) is 0.0423. The molecule has 0 aliphatic carbocycles. The van der Waals surface area contributed by atoms with Gasteiger partial charge in [0.1, 0.15) is 147 Å². The fourth-order valence-corrected chi connectivity index (χ4v) is 12.7. The van der Waals surface area contributed by atoms with E-state index in [9.17, 15) is 70.3 Å². The number of pyridine rings is 4. The number of primary amides is 1. The Balaban J connectivity index is 0.000000169. The minimum atomic E-state index is -0.945. The van der Waals surface area contributed by atoms with Crippen LogP contribution in [0, 0.1) is 23.3 Å². The lowest BCUT2D eigenvalue weighted by Gasteiger charge is -2.19. The predicted octanol–water partition coefficient (Wildman–Crippen LogP) is 12.5. The van der Waals surface area contributed by atoms with E-state index in [4.69, 9.17) is 73.1 Å². The average Bonchev–Trinajstić information content (AvgIpc) is 1.62. The fraction of sp³-hybridized carbons (Fsp3) is 0.149. The summed E-state index contributed by atoms with van der Waals surface area (Å²) < 4.78 is 67.2. The number of halogens is 10. The normalized spacial score (nSPS) is 13.8. The zero-order valence-corrected chi connectivity index (χ0v) is 67.4. The van der Waals surface area contributed by atoms with Gasteiger partial charge in [-0.05, 0) is 163 Å². The molecule has 0 saturated carbocycles. The number of nitrogen functional groups attached to an aromatic ring is 2. The molecule has 6 amide bonds. The molecule has 0 bridgehead atoms. The third-order valence-electron chi connectivity index (χ3n) is 15.2. The Kier molecular flexibility index (Phi) is 28.6. The first-order valence-corrected chi connectivity index (χ1v) is 36.6. The van der Waals surface area contributed by atoms with E-state index in [2.05, 4.69) is 104 Å². The minimum Gasteiger partial charge on any atom is -0.444 e. The van der Waals surface area contributed by atoms with Gasteiger partial charge in [-0.3, -0.25) is 67.5 Å². The molecule has 10 heterocycles. The van der Waals surface area contributed by atoms with Crippen LogP contribution in [-0.4, -0.2) is 102 Å². The number of nitrogens with one attached hydrogen (secondary N) is 8. The van der Waals surface area contributed by atoms with Gasteiger partial charge in [0.15, 0.2) is 0 Å². The lowest BCUT2D eigenvalue weighted by Crippen LogP contribution is -2.29. The van der Waals surface area contributed by atoms with Crippen LogP contribution in [0.15, 0.2) is 187 Å². The number of hydrogen-bond donors (Lipinski definition) is 11. The maximum Gasteiger partial charge on any atom is 0.413 e. The van der Waals surface area contributed by atoms with Gasteiger partial charge in [0, 0.05) is 23.8 Å². The summed E-state index contributed by atoms with van der Waals surface area (Å²) in [4.78, 5) is 156. The van der Waals surface area contributed by atoms with Crippen molar-refractivity contribution in [3.63, 3.8) is 0 Å². The summed E-state index contributed by atoms with van der Waals surface area (Å²) in [5, 5.41) is 18.8. The summed E-state index contributed by atoms with van der Waals surface area (Å²) in [5.74, 6) is -2.71. The molecule has 14 rings (SSSR count). The molecule has 0 saturated heterocycles. The van der Waals surface area contributed by atoms with Crippen LogP contribution in [0.2, 0.25) is 20.1 Å². The maximum atomic E-state index is 13.8. The Labute approximate surface area is 694 Å². The molecule has 4 aromatic carbocycles. The SMILES string of the molecule is CC(C)(C)OC(=O)Nc1cc(N)ncn1.CC(C)(C)OC(=O)Nc1cc(Nc2cc(Cl)c3n(c2=O)C(c2cccc(F)c2)NC3=O)ncn1.NC(=O)c1[nH]c(=O)c(Br)cc1Cl.Nc1cc(Nc2cc(Cl)c3n(c2=O)C(c2cccc(F)c2)NC3=O)ncn1.O=C1NC(c2cccc(F)c2)n2c1c(Cl)cc(Br)c2=O.O=Cc1cccc(F)c1. The summed E-state index contributed by atoms with van der Waals surface area (Å²) in [6.45, 7) is 10.5. The average molecular weight is 1820 g/mol. The number of anilines is 8. The van der Waals surface area contributed by atoms with E-state index in [0.717, 1.165) is 4.57 Å². The van der Waals surface area contributed by atoms with Crippen LogP contribution in [0.5, 0.6) is 0 Å². The van der Waals surface area contributed by atoms with Crippen molar-refractivity contribution in [2.75, 3.05) is 32.7 Å². The van der Waals surface area contributed by atoms with Crippen molar-refractivity contribution < 1.29 is 60.6 Å². The first-order valence-electron chi connectivity index (χ1n) is 33.5. The molecule has 11 aromatic rings. The van der Waals surface area contributed by atoms with Crippen molar-refractivity contribution >= 4 is 167 Å². The summed E-state index contributed by atoms with van der Waals surface area (Å²) in [6.07, 6.45) is 0.430. The Morgan fingerprint density at radius 2 is 0.821 bits per heavy atom. The monoisotopic (exact) mass is 1810 g/mol. The number of amides is 6. The lowest BCUT2D eigenvalue weighted by molar-refractivity contribution is 0.0624. The second-order valence-corrected chi connectivity index (χ2v) is 29.5. The molecule has 33 nitrogen and oxygen atoms in total. The van der Waals surface area contributed by atoms with Gasteiger partial charge < -0.3 is 58.2 Å². The fourth-order valence-electron chi connectivity index (χ4n) is 10.6. The van der Waals surface area contributed by atoms with E-state index in [0.29, 0.717) is 34.4 Å². The molecule has 14 N–H and O–H groups in total. The van der Waals surface area contributed by atoms with Crippen LogP contribution in [0.3, 0.4) is 0 Å². The highest BCUT2D eigenvalue weighted by Crippen LogP contribution is 2.34. The van der Waals surface area contributed by atoms with Crippen LogP contribution in [-0.2, 0) is 9.47 Å². The van der Waals surface area contributed by atoms with E-state index in [1.165, 1.54) is 143 Å². The number of carbonyl (C=O) groups is 7. The highest BCUT2D eigenvalue weighted by Gasteiger charge is 2.37. The molecule has 117 heavy (non-hydrogen) atoms. The standard InChI is InChI=1S/C22H20ClFN6O4.C17H12ClFN6O2.C13H7BrClFN2O2.C9H14N4O2.C7H5FO.C6H4BrClN2O2/c1-22(2,3)34-21(33)28-16-9-15(25-10-26-16)27-14-8-13(23)17-19(31)29-18(30(17)20(14)32)11-5-4-6-12(24)7-11;18-10-5-11(23-13-6-12(20)21-7-22-13)17(27)25-14(10)16(26)24-15(25)8-2-1-3-9(19)4-8;14-8-5-9(15)10-12(19)17-11(18(10)13(8)20)6-2-1-3-7(16)4-6;1-9(2,3)15-8(14)13-7-4-6(10)11-5-12-7;8-7-3-1-2-6(4-7)5-9;7-2-1-3(8)4(5(9)11)10-6(2)12/h4-10,18H,1-3H3,(H,29,31)(H2,25,26,27,28,33);1-7,15H,(H,24,26)(H3,20,21,22,23);1-5,11H,(H,17,19);4-5H,1-3H3,(H3,10,11,12,13,14);1-5H;1H,(H2,9,11)(H,10,12). The number of nitrogens with two attached hydrogens (primary N) is 3. The molecule has 3 aliphatic heterocycles. The van der Waals surface area contributed by atoms with E-state index < -0.39 is 105 Å². The topological polar surface area (TPSA) is 476 Å². The molecule has 3 unspecified atom stereocenters. The van der Waals surface area contributed by atoms with Crippen molar-refractivity contribution in [1.82, 2.24) is 64.5 Å². The molecule has 606 valence electrons. The van der Waals surface area contributed by atoms with Gasteiger partial charge in [-0.1, -0.05) is 94.9 Å². The number of rotatable bonds is 11. The van der Waals surface area contributed by atoms with Crippen molar-refractivity contribution in [2.24, 2.45) is 5.73 Å². The van der Waals surface area contributed by atoms with E-state index in [1.54, 1.807) is 65.8 Å². The molecule has 0 fully saturated rings. The first kappa shape index (κ1) is 88.0. The number of hydrogen-bond acceptors (Lipinski definition) is 23. The number of fused-ring (bicyclic) bond motifs is 3. The molecule has 0 radical (unpaired) electrons. The highest BCUT2D eigenvalue weighted by atomic mass is 79.9. The largest absolute Gasteiger partial charge is 0.444 e. The summed E-state index contributed by atoms with van der Waals surface area (Å²) in [5.41, 5.74) is 14.4. The molecule has 3 atom stereocenters. The number of aldehydes is 1. The minimum absolute atomic E-state index is 0.00341. The second kappa shape index (κ2) is 38.0. The third kappa shape index (κ3) is 23.2. The summed E-state index contributed by atoms with van der Waals surface area (Å²) in [6, 6.07) is 32.0. The second-order valence-electron chi connectivity index (χ2n) is 26.2. The Morgan fingerprint density at radius 3 is 1.20 bits per heavy atom. The molecule has 0 spiro atoms. The van der Waals surface area contributed by atoms with Gasteiger partial charge in [-0.15, -0.1) is 0 Å². The van der Waals surface area contributed by atoms with Gasteiger partial charge in [-0.2, -0.15) is 0 Å². The molecular weight excluding hydrogens is 1750 g/mol. The number of aromatic nitrogens is 10.